The van der Waals surface area contributed by atoms with Crippen molar-refractivity contribution in [1.82, 2.24) is 10.6 Å². The van der Waals surface area contributed by atoms with E-state index in [1.165, 1.54) is 6.07 Å². The van der Waals surface area contributed by atoms with Crippen LogP contribution in [-0.4, -0.2) is 32.5 Å². The first-order chi connectivity index (χ1) is 9.58. The highest BCUT2D eigenvalue weighted by Crippen LogP contribution is 2.20. The minimum Gasteiger partial charge on any atom is -0.348 e. The Morgan fingerprint density at radius 2 is 2.10 bits per heavy atom. The summed E-state index contributed by atoms with van der Waals surface area (Å²) < 4.78 is 23.2. The van der Waals surface area contributed by atoms with E-state index in [2.05, 4.69) is 24.5 Å². The van der Waals surface area contributed by atoms with Crippen LogP contribution in [0.1, 0.15) is 36.2 Å². The molecule has 1 heterocycles. The van der Waals surface area contributed by atoms with Gasteiger partial charge in [-0.05, 0) is 39.3 Å². The Morgan fingerprint density at radius 3 is 2.62 bits per heavy atom. The van der Waals surface area contributed by atoms with Crippen LogP contribution in [0.15, 0.2) is 23.1 Å². The number of amides is 1. The average molecular weight is 311 g/mol. The van der Waals surface area contributed by atoms with Crippen LogP contribution in [0.25, 0.3) is 0 Å². The Kier molecular flexibility index (Phi) is 4.10. The predicted octanol–water partition coefficient (Wildman–Crippen LogP) is 0.513. The molecule has 0 spiro atoms. The lowest BCUT2D eigenvalue weighted by Gasteiger charge is -2.18. The monoisotopic (exact) mass is 311 g/mol. The fourth-order valence-electron chi connectivity index (χ4n) is 2.59. The molecule has 4 N–H and O–H groups in total. The molecular formula is C14H21N3O3S. The summed E-state index contributed by atoms with van der Waals surface area (Å²) in [4.78, 5) is 12.2. The van der Waals surface area contributed by atoms with Gasteiger partial charge in [0.25, 0.3) is 5.91 Å². The molecule has 1 aliphatic rings. The van der Waals surface area contributed by atoms with Crippen molar-refractivity contribution in [3.05, 3.63) is 29.3 Å². The predicted molar refractivity (Wildman–Crippen MR) is 80.5 cm³/mol. The van der Waals surface area contributed by atoms with Crippen molar-refractivity contribution in [2.75, 3.05) is 6.54 Å². The lowest BCUT2D eigenvalue weighted by atomic mass is 10.0. The van der Waals surface area contributed by atoms with Crippen LogP contribution in [0.4, 0.5) is 0 Å². The van der Waals surface area contributed by atoms with Crippen molar-refractivity contribution < 1.29 is 13.2 Å². The largest absolute Gasteiger partial charge is 0.348 e. The molecule has 1 fully saturated rings. The number of benzene rings is 1. The molecule has 0 saturated carbocycles. The molecule has 1 aromatic rings. The zero-order valence-electron chi connectivity index (χ0n) is 12.4. The van der Waals surface area contributed by atoms with Crippen molar-refractivity contribution in [2.24, 2.45) is 5.14 Å². The third-order valence-corrected chi connectivity index (χ3v) is 4.57. The molecule has 0 radical (unpaired) electrons. The Labute approximate surface area is 125 Å². The minimum absolute atomic E-state index is 0.0265. The maximum Gasteiger partial charge on any atom is 0.252 e. The van der Waals surface area contributed by atoms with Crippen molar-refractivity contribution >= 4 is 15.9 Å². The zero-order valence-corrected chi connectivity index (χ0v) is 13.3. The maximum absolute atomic E-state index is 12.4. The summed E-state index contributed by atoms with van der Waals surface area (Å²) in [5.41, 5.74) is 0.868. The Balaban J connectivity index is 2.25. The summed E-state index contributed by atoms with van der Waals surface area (Å²) >= 11 is 0. The number of aryl methyl sites for hydroxylation is 1. The van der Waals surface area contributed by atoms with Crippen molar-refractivity contribution in [3.63, 3.8) is 0 Å². The third kappa shape index (κ3) is 3.81. The number of hydrogen-bond donors (Lipinski definition) is 3. The molecule has 0 aromatic heterocycles. The Morgan fingerprint density at radius 1 is 1.43 bits per heavy atom. The highest BCUT2D eigenvalue weighted by atomic mass is 32.2. The van der Waals surface area contributed by atoms with E-state index < -0.39 is 15.9 Å². The smallest absolute Gasteiger partial charge is 0.252 e. The molecule has 1 aromatic carbocycles. The number of nitrogens with one attached hydrogen (secondary N) is 2. The standard InChI is InChI=1S/C14H21N3O3S/c1-9-4-5-12(21(15,19)20)11(6-9)13(18)17-10-7-14(2,3)16-8-10/h4-6,10,16H,7-8H2,1-3H3,(H,17,18)(H2,15,19,20). The molecule has 1 atom stereocenters. The molecule has 1 saturated heterocycles. The summed E-state index contributed by atoms with van der Waals surface area (Å²) in [5, 5.41) is 11.3. The van der Waals surface area contributed by atoms with Crippen LogP contribution >= 0.6 is 0 Å². The molecule has 6 nitrogen and oxygen atoms in total. The van der Waals surface area contributed by atoms with E-state index in [0.29, 0.717) is 6.54 Å². The molecule has 7 heteroatoms. The van der Waals surface area contributed by atoms with Gasteiger partial charge in [0.1, 0.15) is 0 Å². The lowest BCUT2D eigenvalue weighted by molar-refractivity contribution is 0.0935. The summed E-state index contributed by atoms with van der Waals surface area (Å²) in [5.74, 6) is -0.410. The minimum atomic E-state index is -3.93. The topological polar surface area (TPSA) is 101 Å². The number of carbonyl (C=O) groups excluding carboxylic acids is 1. The van der Waals surface area contributed by atoms with Gasteiger partial charge in [0.2, 0.25) is 10.0 Å². The molecule has 0 bridgehead atoms. The van der Waals surface area contributed by atoms with Crippen LogP contribution in [0.3, 0.4) is 0 Å². The number of sulfonamides is 1. The van der Waals surface area contributed by atoms with Crippen molar-refractivity contribution in [1.29, 1.82) is 0 Å². The highest BCUT2D eigenvalue weighted by Gasteiger charge is 2.32. The van der Waals surface area contributed by atoms with Gasteiger partial charge in [0.05, 0.1) is 10.5 Å². The van der Waals surface area contributed by atoms with Gasteiger partial charge >= 0.3 is 0 Å². The molecule has 1 amide bonds. The van der Waals surface area contributed by atoms with Gasteiger partial charge in [-0.15, -0.1) is 0 Å². The number of nitrogens with two attached hydrogens (primary N) is 1. The number of carbonyl (C=O) groups is 1. The van der Waals surface area contributed by atoms with Crippen LogP contribution in [0.2, 0.25) is 0 Å². The van der Waals surface area contributed by atoms with E-state index in [-0.39, 0.29) is 22.0 Å². The van der Waals surface area contributed by atoms with Crippen molar-refractivity contribution in [3.8, 4) is 0 Å². The van der Waals surface area contributed by atoms with Crippen LogP contribution in [0.5, 0.6) is 0 Å². The number of hydrogen-bond acceptors (Lipinski definition) is 4. The molecular weight excluding hydrogens is 290 g/mol. The van der Waals surface area contributed by atoms with Crippen LogP contribution in [0, 0.1) is 6.92 Å². The summed E-state index contributed by atoms with van der Waals surface area (Å²) in [6, 6.07) is 4.51. The number of primary sulfonamides is 1. The molecule has 2 rings (SSSR count). The first-order valence-corrected chi connectivity index (χ1v) is 8.32. The molecule has 1 aliphatic heterocycles. The van der Waals surface area contributed by atoms with E-state index in [0.717, 1.165) is 12.0 Å². The molecule has 1 unspecified atom stereocenters. The van der Waals surface area contributed by atoms with Crippen LogP contribution < -0.4 is 15.8 Å². The van der Waals surface area contributed by atoms with Gasteiger partial charge < -0.3 is 10.6 Å². The fourth-order valence-corrected chi connectivity index (χ4v) is 3.31. The summed E-state index contributed by atoms with van der Waals surface area (Å²) in [6.45, 7) is 6.57. The Bertz CT molecular complexity index is 668. The third-order valence-electron chi connectivity index (χ3n) is 3.61. The first kappa shape index (κ1) is 15.9. The van der Waals surface area contributed by atoms with Gasteiger partial charge in [-0.1, -0.05) is 11.6 Å². The molecule has 0 aliphatic carbocycles. The second-order valence-electron chi connectivity index (χ2n) is 6.18. The van der Waals surface area contributed by atoms with Gasteiger partial charge in [0, 0.05) is 18.1 Å². The van der Waals surface area contributed by atoms with Crippen LogP contribution in [-0.2, 0) is 10.0 Å². The normalized spacial score (nSPS) is 21.2. The van der Waals surface area contributed by atoms with E-state index in [1.54, 1.807) is 19.1 Å². The zero-order chi connectivity index (χ0) is 15.8. The fraction of sp³-hybridized carbons (Fsp3) is 0.500. The Hall–Kier alpha value is -1.44. The van der Waals surface area contributed by atoms with E-state index in [4.69, 9.17) is 5.14 Å². The van der Waals surface area contributed by atoms with Gasteiger partial charge in [-0.3, -0.25) is 4.79 Å². The lowest BCUT2D eigenvalue weighted by Crippen LogP contribution is -2.37. The average Bonchev–Trinajstić information content (AvgIpc) is 2.66. The first-order valence-electron chi connectivity index (χ1n) is 6.78. The van der Waals surface area contributed by atoms with Crippen molar-refractivity contribution in [2.45, 2.75) is 43.7 Å². The second kappa shape index (κ2) is 5.40. The quantitative estimate of drug-likeness (QED) is 0.757. The maximum atomic E-state index is 12.4. The highest BCUT2D eigenvalue weighted by molar-refractivity contribution is 7.89. The molecule has 116 valence electrons. The summed E-state index contributed by atoms with van der Waals surface area (Å²) in [7, 11) is -3.93. The SMILES string of the molecule is Cc1ccc(S(N)(=O)=O)c(C(=O)NC2CNC(C)(C)C2)c1. The second-order valence-corrected chi connectivity index (χ2v) is 7.71. The summed E-state index contributed by atoms with van der Waals surface area (Å²) in [6.07, 6.45) is 0.787. The van der Waals surface area contributed by atoms with Gasteiger partial charge in [0.15, 0.2) is 0 Å². The van der Waals surface area contributed by atoms with E-state index in [1.807, 2.05) is 0 Å². The van der Waals surface area contributed by atoms with Gasteiger partial charge in [-0.25, -0.2) is 13.6 Å². The number of rotatable bonds is 3. The van der Waals surface area contributed by atoms with E-state index >= 15 is 0 Å². The van der Waals surface area contributed by atoms with E-state index in [9.17, 15) is 13.2 Å². The van der Waals surface area contributed by atoms with Gasteiger partial charge in [-0.2, -0.15) is 0 Å². The molecule has 21 heavy (non-hydrogen) atoms.